The van der Waals surface area contributed by atoms with Gasteiger partial charge in [0.05, 0.1) is 34.2 Å². The second-order valence-electron chi connectivity index (χ2n) is 3.54. The van der Waals surface area contributed by atoms with E-state index in [9.17, 15) is 4.79 Å². The molecule has 1 aromatic carbocycles. The van der Waals surface area contributed by atoms with Gasteiger partial charge in [-0.25, -0.2) is 0 Å². The molecule has 0 aromatic heterocycles. The van der Waals surface area contributed by atoms with Gasteiger partial charge in [0.25, 0.3) is 0 Å². The van der Waals surface area contributed by atoms with Gasteiger partial charge in [0.15, 0.2) is 17.3 Å². The number of methoxy groups -OCH3 is 3. The number of ketones is 1. The van der Waals surface area contributed by atoms with Gasteiger partial charge in [0.2, 0.25) is 5.75 Å². The topological polar surface area (TPSA) is 54.0 Å². The Kier molecular flexibility index (Phi) is 5.73. The van der Waals surface area contributed by atoms with Crippen molar-refractivity contribution in [3.63, 3.8) is 0 Å². The van der Waals surface area contributed by atoms with Crippen LogP contribution in [-0.2, 0) is 4.74 Å². The fourth-order valence-corrected chi connectivity index (χ4v) is 1.53. The van der Waals surface area contributed by atoms with Crippen LogP contribution in [0.1, 0.15) is 17.3 Å². The second-order valence-corrected chi connectivity index (χ2v) is 3.54. The molecule has 0 N–H and O–H groups in total. The second kappa shape index (κ2) is 7.31. The van der Waals surface area contributed by atoms with E-state index in [4.69, 9.17) is 18.9 Å². The van der Waals surface area contributed by atoms with Gasteiger partial charge in [0.1, 0.15) is 0 Å². The minimum absolute atomic E-state index is 0.201. The SMILES string of the molecule is CCO/C=C/C(=O)c1cc(OC)c(OC)c(OC)c1. The Bertz CT molecular complexity index is 440. The Hall–Kier alpha value is -2.17. The first-order valence-corrected chi connectivity index (χ1v) is 5.80. The lowest BCUT2D eigenvalue weighted by Crippen LogP contribution is -2.00. The van der Waals surface area contributed by atoms with E-state index in [2.05, 4.69) is 0 Å². The van der Waals surface area contributed by atoms with E-state index in [0.717, 1.165) is 0 Å². The molecule has 1 aromatic rings. The molecule has 0 aliphatic heterocycles. The van der Waals surface area contributed by atoms with E-state index in [1.165, 1.54) is 33.7 Å². The molecule has 5 nitrogen and oxygen atoms in total. The number of benzene rings is 1. The van der Waals surface area contributed by atoms with Crippen LogP contribution in [-0.4, -0.2) is 33.7 Å². The van der Waals surface area contributed by atoms with Crippen LogP contribution in [0.5, 0.6) is 17.2 Å². The third-order valence-corrected chi connectivity index (χ3v) is 2.43. The van der Waals surface area contributed by atoms with Gasteiger partial charge in [-0.1, -0.05) is 0 Å². The quantitative estimate of drug-likeness (QED) is 0.431. The molecular formula is C14H18O5. The molecular weight excluding hydrogens is 248 g/mol. The third-order valence-electron chi connectivity index (χ3n) is 2.43. The summed E-state index contributed by atoms with van der Waals surface area (Å²) in [6, 6.07) is 3.19. The molecule has 0 fully saturated rings. The van der Waals surface area contributed by atoms with Gasteiger partial charge < -0.3 is 18.9 Å². The van der Waals surface area contributed by atoms with Crippen molar-refractivity contribution in [1.29, 1.82) is 0 Å². The Morgan fingerprint density at radius 1 is 1.11 bits per heavy atom. The van der Waals surface area contributed by atoms with Gasteiger partial charge in [-0.15, -0.1) is 0 Å². The lowest BCUT2D eigenvalue weighted by atomic mass is 10.1. The number of hydrogen-bond donors (Lipinski definition) is 0. The summed E-state index contributed by atoms with van der Waals surface area (Å²) < 4.78 is 20.5. The van der Waals surface area contributed by atoms with E-state index in [-0.39, 0.29) is 5.78 Å². The molecule has 0 amide bonds. The standard InChI is InChI=1S/C14H18O5/c1-5-19-7-6-11(15)10-8-12(16-2)14(18-4)13(9-10)17-3/h6-9H,5H2,1-4H3/b7-6+. The monoisotopic (exact) mass is 266 g/mol. The van der Waals surface area contributed by atoms with Crippen molar-refractivity contribution in [1.82, 2.24) is 0 Å². The van der Waals surface area contributed by atoms with Gasteiger partial charge in [-0.3, -0.25) is 4.79 Å². The number of allylic oxidation sites excluding steroid dienone is 1. The molecule has 19 heavy (non-hydrogen) atoms. The summed E-state index contributed by atoms with van der Waals surface area (Å²) in [5.41, 5.74) is 0.436. The molecule has 104 valence electrons. The first-order chi connectivity index (χ1) is 9.17. The van der Waals surface area contributed by atoms with Crippen molar-refractivity contribution in [3.05, 3.63) is 30.0 Å². The molecule has 0 atom stereocenters. The molecule has 1 rings (SSSR count). The van der Waals surface area contributed by atoms with Crippen molar-refractivity contribution < 1.29 is 23.7 Å². The summed E-state index contributed by atoms with van der Waals surface area (Å²) in [7, 11) is 4.51. The maximum Gasteiger partial charge on any atom is 0.203 e. The van der Waals surface area contributed by atoms with Gasteiger partial charge in [-0.05, 0) is 19.1 Å². The fourth-order valence-electron chi connectivity index (χ4n) is 1.53. The zero-order valence-corrected chi connectivity index (χ0v) is 11.6. The van der Waals surface area contributed by atoms with Crippen molar-refractivity contribution in [3.8, 4) is 17.2 Å². The van der Waals surface area contributed by atoms with Crippen LogP contribution in [0.3, 0.4) is 0 Å². The fraction of sp³-hybridized carbons (Fsp3) is 0.357. The Labute approximate surface area is 112 Å². The largest absolute Gasteiger partial charge is 0.501 e. The average molecular weight is 266 g/mol. The van der Waals surface area contributed by atoms with Crippen LogP contribution >= 0.6 is 0 Å². The number of ether oxygens (including phenoxy) is 4. The molecule has 5 heteroatoms. The van der Waals surface area contributed by atoms with Crippen LogP contribution in [0.2, 0.25) is 0 Å². The van der Waals surface area contributed by atoms with Crippen LogP contribution < -0.4 is 14.2 Å². The number of carbonyl (C=O) groups excluding carboxylic acids is 1. The van der Waals surface area contributed by atoms with E-state index in [0.29, 0.717) is 29.4 Å². The van der Waals surface area contributed by atoms with E-state index >= 15 is 0 Å². The summed E-state index contributed by atoms with van der Waals surface area (Å²) in [6.07, 6.45) is 2.72. The lowest BCUT2D eigenvalue weighted by molar-refractivity contribution is 0.104. The summed E-state index contributed by atoms with van der Waals surface area (Å²) in [5.74, 6) is 1.13. The van der Waals surface area contributed by atoms with Crippen molar-refractivity contribution in [2.24, 2.45) is 0 Å². The predicted molar refractivity (Wildman–Crippen MR) is 71.2 cm³/mol. The highest BCUT2D eigenvalue weighted by Crippen LogP contribution is 2.38. The van der Waals surface area contributed by atoms with Crippen molar-refractivity contribution >= 4 is 5.78 Å². The van der Waals surface area contributed by atoms with Crippen LogP contribution in [0.25, 0.3) is 0 Å². The van der Waals surface area contributed by atoms with E-state index in [1.54, 1.807) is 12.1 Å². The minimum Gasteiger partial charge on any atom is -0.501 e. The molecule has 0 bridgehead atoms. The van der Waals surface area contributed by atoms with E-state index < -0.39 is 0 Å². The summed E-state index contributed by atoms with van der Waals surface area (Å²) >= 11 is 0. The van der Waals surface area contributed by atoms with Crippen molar-refractivity contribution in [2.75, 3.05) is 27.9 Å². The minimum atomic E-state index is -0.201. The highest BCUT2D eigenvalue weighted by molar-refractivity contribution is 6.05. The zero-order chi connectivity index (χ0) is 14.3. The maximum atomic E-state index is 11.9. The van der Waals surface area contributed by atoms with Gasteiger partial charge in [0, 0.05) is 11.6 Å². The number of carbonyl (C=O) groups is 1. The first kappa shape index (κ1) is 14.9. The van der Waals surface area contributed by atoms with Crippen LogP contribution in [0.4, 0.5) is 0 Å². The lowest BCUT2D eigenvalue weighted by Gasteiger charge is -2.13. The predicted octanol–water partition coefficient (Wildman–Crippen LogP) is 2.45. The summed E-state index contributed by atoms with van der Waals surface area (Å²) in [5, 5.41) is 0. The highest BCUT2D eigenvalue weighted by atomic mass is 16.5. The molecule has 0 unspecified atom stereocenters. The smallest absolute Gasteiger partial charge is 0.203 e. The first-order valence-electron chi connectivity index (χ1n) is 5.80. The average Bonchev–Trinajstić information content (AvgIpc) is 2.45. The molecule has 0 aliphatic carbocycles. The molecule has 0 aliphatic rings. The van der Waals surface area contributed by atoms with Crippen LogP contribution in [0.15, 0.2) is 24.5 Å². The van der Waals surface area contributed by atoms with Crippen LogP contribution in [0, 0.1) is 0 Å². The third kappa shape index (κ3) is 3.64. The zero-order valence-electron chi connectivity index (χ0n) is 11.6. The summed E-state index contributed by atoms with van der Waals surface area (Å²) in [4.78, 5) is 11.9. The summed E-state index contributed by atoms with van der Waals surface area (Å²) in [6.45, 7) is 2.35. The Morgan fingerprint density at radius 3 is 2.11 bits per heavy atom. The molecule has 0 radical (unpaired) electrons. The number of hydrogen-bond acceptors (Lipinski definition) is 5. The maximum absolute atomic E-state index is 11.9. The van der Waals surface area contributed by atoms with Crippen molar-refractivity contribution in [2.45, 2.75) is 6.92 Å². The van der Waals surface area contributed by atoms with Gasteiger partial charge in [-0.2, -0.15) is 0 Å². The highest BCUT2D eigenvalue weighted by Gasteiger charge is 2.15. The molecule has 0 saturated heterocycles. The van der Waals surface area contributed by atoms with Gasteiger partial charge >= 0.3 is 0 Å². The Balaban J connectivity index is 3.12. The number of rotatable bonds is 7. The Morgan fingerprint density at radius 2 is 1.68 bits per heavy atom. The molecule has 0 heterocycles. The normalized spacial score (nSPS) is 10.3. The van der Waals surface area contributed by atoms with E-state index in [1.807, 2.05) is 6.92 Å². The molecule has 0 saturated carbocycles. The molecule has 0 spiro atoms.